The van der Waals surface area contributed by atoms with Crippen molar-refractivity contribution in [2.24, 2.45) is 0 Å². The Hall–Kier alpha value is -1.73. The van der Waals surface area contributed by atoms with Crippen molar-refractivity contribution < 1.29 is 9.18 Å². The van der Waals surface area contributed by atoms with Crippen molar-refractivity contribution in [1.82, 2.24) is 0 Å². The van der Waals surface area contributed by atoms with Gasteiger partial charge in [0.2, 0.25) is 0 Å². The molecule has 0 bridgehead atoms. The van der Waals surface area contributed by atoms with E-state index in [0.29, 0.717) is 11.8 Å². The molecule has 0 saturated carbocycles. The van der Waals surface area contributed by atoms with Crippen LogP contribution in [-0.2, 0) is 4.79 Å². The Morgan fingerprint density at radius 3 is 2.83 bits per heavy atom. The van der Waals surface area contributed by atoms with Crippen molar-refractivity contribution >= 4 is 17.7 Å². The van der Waals surface area contributed by atoms with Crippen LogP contribution < -0.4 is 0 Å². The van der Waals surface area contributed by atoms with E-state index in [1.165, 1.54) is 18.2 Å². The van der Waals surface area contributed by atoms with Crippen molar-refractivity contribution in [2.75, 3.05) is 0 Å². The first-order valence-electron chi connectivity index (χ1n) is 3.28. The molecule has 1 aromatic carbocycles. The van der Waals surface area contributed by atoms with Crippen molar-refractivity contribution in [3.8, 4) is 0 Å². The first-order chi connectivity index (χ1) is 5.77. The van der Waals surface area contributed by atoms with Crippen LogP contribution in [0.5, 0.6) is 0 Å². The molecule has 0 spiro atoms. The molecule has 0 saturated heterocycles. The van der Waals surface area contributed by atoms with Crippen LogP contribution in [0.2, 0.25) is 0 Å². The van der Waals surface area contributed by atoms with Gasteiger partial charge in [-0.3, -0.25) is 10.2 Å². The van der Waals surface area contributed by atoms with Gasteiger partial charge in [0.25, 0.3) is 0 Å². The maximum atomic E-state index is 12.6. The van der Waals surface area contributed by atoms with Gasteiger partial charge in [0.1, 0.15) is 5.82 Å². The molecular formula is C9H6FNO. The zero-order valence-corrected chi connectivity index (χ0v) is 6.17. The van der Waals surface area contributed by atoms with Crippen LogP contribution in [0.4, 0.5) is 4.39 Å². The number of hydrogen-bond donors (Lipinski definition) is 1. The molecule has 0 aliphatic heterocycles. The Morgan fingerprint density at radius 1 is 1.58 bits per heavy atom. The molecule has 0 unspecified atom stereocenters. The topological polar surface area (TPSA) is 40.9 Å². The maximum absolute atomic E-state index is 12.6. The Balaban J connectivity index is 3.19. The van der Waals surface area contributed by atoms with E-state index in [1.807, 2.05) is 5.87 Å². The van der Waals surface area contributed by atoms with Gasteiger partial charge in [-0.15, -0.1) is 0 Å². The van der Waals surface area contributed by atoms with Crippen LogP contribution in [0.25, 0.3) is 5.57 Å². The van der Waals surface area contributed by atoms with Gasteiger partial charge in [0, 0.05) is 0 Å². The number of halogens is 1. The number of nitrogens with one attached hydrogen (secondary N) is 1. The lowest BCUT2D eigenvalue weighted by molar-refractivity contribution is -0.103. The average molecular weight is 163 g/mol. The molecule has 0 fully saturated rings. The number of benzene rings is 1. The molecule has 1 rings (SSSR count). The first-order valence-corrected chi connectivity index (χ1v) is 3.28. The molecule has 1 aromatic rings. The normalized spacial score (nSPS) is 8.75. The zero-order valence-electron chi connectivity index (χ0n) is 6.17. The summed E-state index contributed by atoms with van der Waals surface area (Å²) in [4.78, 5) is 10.3. The highest BCUT2D eigenvalue weighted by Gasteiger charge is 1.99. The standard InChI is InChI=1S/C9H6FNO/c10-9-3-1-2-7(4-9)8(5-11)6-12/h1-4,6,11H. The largest absolute Gasteiger partial charge is 0.297 e. The Kier molecular flexibility index (Phi) is 2.51. The van der Waals surface area contributed by atoms with Gasteiger partial charge in [-0.25, -0.2) is 4.39 Å². The second kappa shape index (κ2) is 3.60. The highest BCUT2D eigenvalue weighted by molar-refractivity contribution is 6.17. The summed E-state index contributed by atoms with van der Waals surface area (Å²) in [6.45, 7) is 0. The fraction of sp³-hybridized carbons (Fsp3) is 0. The minimum Gasteiger partial charge on any atom is -0.297 e. The summed E-state index contributed by atoms with van der Waals surface area (Å²) in [5.74, 6) is 1.50. The summed E-state index contributed by atoms with van der Waals surface area (Å²) in [5, 5.41) is 6.73. The second-order valence-electron chi connectivity index (χ2n) is 2.17. The van der Waals surface area contributed by atoms with E-state index in [9.17, 15) is 9.18 Å². The molecule has 0 aliphatic rings. The summed E-state index contributed by atoms with van der Waals surface area (Å²) >= 11 is 0. The van der Waals surface area contributed by atoms with Crippen molar-refractivity contribution in [3.63, 3.8) is 0 Å². The monoisotopic (exact) mass is 163 g/mol. The predicted molar refractivity (Wildman–Crippen MR) is 43.6 cm³/mol. The molecule has 0 aromatic heterocycles. The highest BCUT2D eigenvalue weighted by atomic mass is 19.1. The van der Waals surface area contributed by atoms with Crippen molar-refractivity contribution in [1.29, 1.82) is 5.41 Å². The maximum Gasteiger partial charge on any atom is 0.159 e. The Labute approximate surface area is 68.8 Å². The van der Waals surface area contributed by atoms with Gasteiger partial charge in [-0.1, -0.05) is 12.1 Å². The number of allylic oxidation sites excluding steroid dienone is 1. The third kappa shape index (κ3) is 1.65. The summed E-state index contributed by atoms with van der Waals surface area (Å²) in [6.07, 6.45) is 0.474. The van der Waals surface area contributed by atoms with E-state index < -0.39 is 5.82 Å². The predicted octanol–water partition coefficient (Wildman–Crippen LogP) is 1.66. The fourth-order valence-corrected chi connectivity index (χ4v) is 0.826. The van der Waals surface area contributed by atoms with Gasteiger partial charge in [-0.2, -0.15) is 0 Å². The Bertz CT molecular complexity index is 353. The molecule has 0 heterocycles. The molecule has 1 N–H and O–H groups in total. The van der Waals surface area contributed by atoms with Crippen LogP contribution in [0, 0.1) is 11.2 Å². The quantitative estimate of drug-likeness (QED) is 0.402. The summed E-state index contributed by atoms with van der Waals surface area (Å²) in [5.41, 5.74) is 0.425. The summed E-state index contributed by atoms with van der Waals surface area (Å²) in [6, 6.07) is 5.49. The SMILES string of the molecule is N=C=C(C=O)c1cccc(F)c1. The van der Waals surface area contributed by atoms with Crippen molar-refractivity contribution in [2.45, 2.75) is 0 Å². The number of rotatable bonds is 2. The van der Waals surface area contributed by atoms with Crippen LogP contribution in [0.3, 0.4) is 0 Å². The van der Waals surface area contributed by atoms with Gasteiger partial charge in [-0.05, 0) is 23.6 Å². The zero-order chi connectivity index (χ0) is 8.97. The third-order valence-corrected chi connectivity index (χ3v) is 1.39. The summed E-state index contributed by atoms with van der Waals surface area (Å²) < 4.78 is 12.6. The van der Waals surface area contributed by atoms with Gasteiger partial charge >= 0.3 is 0 Å². The van der Waals surface area contributed by atoms with E-state index in [2.05, 4.69) is 0 Å². The van der Waals surface area contributed by atoms with E-state index in [-0.39, 0.29) is 5.57 Å². The second-order valence-corrected chi connectivity index (χ2v) is 2.17. The molecule has 2 nitrogen and oxygen atoms in total. The molecule has 3 heteroatoms. The first kappa shape index (κ1) is 8.37. The van der Waals surface area contributed by atoms with Crippen molar-refractivity contribution in [3.05, 3.63) is 35.6 Å². The molecule has 60 valence electrons. The lowest BCUT2D eigenvalue weighted by Crippen LogP contribution is -1.86. The third-order valence-electron chi connectivity index (χ3n) is 1.39. The number of carbonyl (C=O) groups is 1. The van der Waals surface area contributed by atoms with Crippen LogP contribution >= 0.6 is 0 Å². The number of carbonyl (C=O) groups excluding carboxylic acids is 1. The molecular weight excluding hydrogens is 157 g/mol. The number of hydrogen-bond acceptors (Lipinski definition) is 2. The summed E-state index contributed by atoms with van der Waals surface area (Å²) in [7, 11) is 0. The van der Waals surface area contributed by atoms with E-state index in [4.69, 9.17) is 5.41 Å². The molecule has 0 amide bonds. The van der Waals surface area contributed by atoms with Crippen LogP contribution in [0.1, 0.15) is 5.56 Å². The van der Waals surface area contributed by atoms with Crippen LogP contribution in [-0.4, -0.2) is 12.2 Å². The lowest BCUT2D eigenvalue weighted by Gasteiger charge is -1.95. The highest BCUT2D eigenvalue weighted by Crippen LogP contribution is 2.10. The molecule has 0 aliphatic carbocycles. The van der Waals surface area contributed by atoms with E-state index in [0.717, 1.165) is 0 Å². The minimum atomic E-state index is -0.429. The smallest absolute Gasteiger partial charge is 0.159 e. The van der Waals surface area contributed by atoms with Gasteiger partial charge in [0.15, 0.2) is 6.29 Å². The number of aldehydes is 1. The average Bonchev–Trinajstić information content (AvgIpc) is 2.07. The van der Waals surface area contributed by atoms with E-state index in [1.54, 1.807) is 6.07 Å². The van der Waals surface area contributed by atoms with Gasteiger partial charge in [0.05, 0.1) is 5.57 Å². The Morgan fingerprint density at radius 2 is 2.33 bits per heavy atom. The molecule has 0 radical (unpaired) electrons. The fourth-order valence-electron chi connectivity index (χ4n) is 0.826. The van der Waals surface area contributed by atoms with E-state index >= 15 is 0 Å². The van der Waals surface area contributed by atoms with Gasteiger partial charge < -0.3 is 0 Å². The van der Waals surface area contributed by atoms with Crippen LogP contribution in [0.15, 0.2) is 24.3 Å². The lowest BCUT2D eigenvalue weighted by atomic mass is 10.1. The molecule has 12 heavy (non-hydrogen) atoms. The molecule has 0 atom stereocenters. The minimum absolute atomic E-state index is 0.0505.